The van der Waals surface area contributed by atoms with Gasteiger partial charge in [0.25, 0.3) is 27.8 Å². The maximum atomic E-state index is 15.0. The predicted molar refractivity (Wildman–Crippen MR) is 378 cm³/mol. The zero-order valence-corrected chi connectivity index (χ0v) is 59.8. The molecule has 2 amide bonds. The number of H-pyrrole nitrogens is 2. The molecule has 560 valence electrons. The normalized spacial score (nSPS) is 17.9. The van der Waals surface area contributed by atoms with Crippen LogP contribution >= 0.6 is 34.8 Å². The molecule has 3 fully saturated rings. The smallest absolute Gasteiger partial charge is 0.410 e. The molecule has 105 heavy (non-hydrogen) atoms. The van der Waals surface area contributed by atoms with Gasteiger partial charge in [0, 0.05) is 153 Å². The molecule has 3 saturated heterocycles. The Labute approximate surface area is 613 Å². The van der Waals surface area contributed by atoms with Crippen molar-refractivity contribution < 1.29 is 67.0 Å². The van der Waals surface area contributed by atoms with Crippen molar-refractivity contribution in [1.29, 1.82) is 0 Å². The molecule has 0 saturated carbocycles. The van der Waals surface area contributed by atoms with Gasteiger partial charge in [0.2, 0.25) is 5.91 Å². The van der Waals surface area contributed by atoms with Crippen molar-refractivity contribution in [3.05, 3.63) is 153 Å². The van der Waals surface area contributed by atoms with Gasteiger partial charge in [0.1, 0.15) is 16.9 Å². The fraction of sp³-hybridized carbons (Fsp3) is 0.423. The Morgan fingerprint density at radius 2 is 1.07 bits per heavy atom. The second kappa shape index (κ2) is 32.6. The molecule has 1 aromatic carbocycles. The highest BCUT2D eigenvalue weighted by Gasteiger charge is 2.44. The molecule has 3 N–H and O–H groups in total. The molecule has 0 spiro atoms. The van der Waals surface area contributed by atoms with Gasteiger partial charge in [-0.05, 0) is 96.6 Å². The number of amides is 2. The van der Waals surface area contributed by atoms with Gasteiger partial charge >= 0.3 is 6.09 Å². The van der Waals surface area contributed by atoms with E-state index in [0.717, 1.165) is 33.5 Å². The van der Waals surface area contributed by atoms with Gasteiger partial charge in [-0.15, -0.1) is 0 Å². The van der Waals surface area contributed by atoms with Gasteiger partial charge in [-0.2, -0.15) is 0 Å². The van der Waals surface area contributed by atoms with Gasteiger partial charge in [0.15, 0.2) is 40.6 Å². The number of aromatic amines is 2. The summed E-state index contributed by atoms with van der Waals surface area (Å²) in [4.78, 5) is 71.9. The van der Waals surface area contributed by atoms with Crippen LogP contribution in [-0.2, 0) is 43.6 Å². The van der Waals surface area contributed by atoms with Crippen molar-refractivity contribution in [2.24, 2.45) is 0 Å². The SMILES string of the molecule is C.COCCC(=O)N1CCC(F)(F)CC1CCc1nc(-c2c[nH]c3ncc(Cl)cc23)ncc1F.Cc1ccc(S(=O)(=O)n2cc(-c3ncc(F)c(CCC4CC(F)(F)CCN4C(=O)OC(C)(C)C)n3)c3cc(Cl)cnc32)cc1.Fc1cnc(-c2c[nH]c3ncc(Cl)cc23)nc1CCC1CC(F)(F)CCN1. The van der Waals surface area contributed by atoms with Crippen molar-refractivity contribution in [1.82, 2.24) is 73.9 Å². The fourth-order valence-corrected chi connectivity index (χ4v) is 14.4. The van der Waals surface area contributed by atoms with Crippen LogP contribution in [0.2, 0.25) is 15.1 Å². The third-order valence-corrected chi connectivity index (χ3v) is 20.1. The van der Waals surface area contributed by atoms with Gasteiger partial charge in [-0.25, -0.2) is 102 Å². The van der Waals surface area contributed by atoms with Crippen LogP contribution in [-0.4, -0.2) is 164 Å². The number of piperidine rings is 3. The minimum atomic E-state index is -4.10. The van der Waals surface area contributed by atoms with Gasteiger partial charge in [-0.3, -0.25) is 4.79 Å². The first-order valence-corrected chi connectivity index (χ1v) is 35.7. The highest BCUT2D eigenvalue weighted by atomic mass is 35.5. The van der Waals surface area contributed by atoms with E-state index in [1.54, 1.807) is 57.4 Å². The number of carbonyl (C=O) groups is 2. The molecule has 3 aliphatic rings. The largest absolute Gasteiger partial charge is 0.444 e. The number of nitrogens with one attached hydrogen (secondary N) is 3. The van der Waals surface area contributed by atoms with E-state index in [1.165, 1.54) is 59.9 Å². The molecule has 34 heteroatoms. The monoisotopic (exact) mass is 1540 g/mol. The number of methoxy groups -OCH3 is 1. The molecule has 3 unspecified atom stereocenters. The first-order chi connectivity index (χ1) is 49.2. The van der Waals surface area contributed by atoms with Crippen molar-refractivity contribution in [2.75, 3.05) is 33.4 Å². The maximum Gasteiger partial charge on any atom is 0.410 e. The van der Waals surface area contributed by atoms with Crippen LogP contribution in [0.15, 0.2) is 103 Å². The number of likely N-dealkylation sites (tertiary alicyclic amines) is 2. The Morgan fingerprint density at radius 1 is 0.610 bits per heavy atom. The number of aromatic nitrogens is 12. The highest BCUT2D eigenvalue weighted by Crippen LogP contribution is 2.39. The average Bonchev–Trinajstić information content (AvgIpc) is 1.60. The Balaban J connectivity index is 0.000000173. The molecule has 0 bridgehead atoms. The Hall–Kier alpha value is -8.62. The van der Waals surface area contributed by atoms with Crippen LogP contribution in [0.1, 0.15) is 115 Å². The van der Waals surface area contributed by atoms with Crippen LogP contribution in [0.4, 0.5) is 44.3 Å². The molecule has 12 heterocycles. The van der Waals surface area contributed by atoms with Gasteiger partial charge < -0.3 is 34.6 Å². The lowest BCUT2D eigenvalue weighted by Gasteiger charge is -2.39. The summed E-state index contributed by atoms with van der Waals surface area (Å²) in [5, 5.41) is 5.92. The van der Waals surface area contributed by atoms with E-state index in [1.807, 2.05) is 6.92 Å². The summed E-state index contributed by atoms with van der Waals surface area (Å²) >= 11 is 18.3. The first-order valence-electron chi connectivity index (χ1n) is 33.2. The second-order valence-corrected chi connectivity index (χ2v) is 29.8. The summed E-state index contributed by atoms with van der Waals surface area (Å²) in [6, 6.07) is 9.26. The number of pyridine rings is 3. The highest BCUT2D eigenvalue weighted by molar-refractivity contribution is 7.90. The number of halogens is 12. The van der Waals surface area contributed by atoms with Crippen LogP contribution < -0.4 is 5.32 Å². The lowest BCUT2D eigenvalue weighted by atomic mass is 9.93. The molecule has 3 aliphatic heterocycles. The van der Waals surface area contributed by atoms with E-state index in [9.17, 15) is 57.5 Å². The quantitative estimate of drug-likeness (QED) is 0.0716. The lowest BCUT2D eigenvalue weighted by molar-refractivity contribution is -0.144. The van der Waals surface area contributed by atoms with Crippen molar-refractivity contribution in [3.8, 4) is 34.2 Å². The topological polar surface area (TPSA) is 258 Å². The molecule has 10 aromatic rings. The van der Waals surface area contributed by atoms with Crippen molar-refractivity contribution in [2.45, 2.75) is 165 Å². The zero-order valence-electron chi connectivity index (χ0n) is 56.8. The molecule has 3 atom stereocenters. The van der Waals surface area contributed by atoms with Crippen LogP contribution in [0.3, 0.4) is 0 Å². The second-order valence-electron chi connectivity index (χ2n) is 26.7. The van der Waals surface area contributed by atoms with E-state index < -0.39 is 88.3 Å². The summed E-state index contributed by atoms with van der Waals surface area (Å²) in [6.45, 7) is 7.12. The summed E-state index contributed by atoms with van der Waals surface area (Å²) in [5.74, 6) is -10.1. The third kappa shape index (κ3) is 19.3. The van der Waals surface area contributed by atoms with Gasteiger partial charge in [-0.1, -0.05) is 59.9 Å². The van der Waals surface area contributed by atoms with E-state index in [-0.39, 0.29) is 153 Å². The summed E-state index contributed by atoms with van der Waals surface area (Å²) in [5.41, 5.74) is 3.04. The molecule has 21 nitrogen and oxygen atoms in total. The third-order valence-electron chi connectivity index (χ3n) is 17.8. The number of hydrogen-bond acceptors (Lipinski definition) is 16. The summed E-state index contributed by atoms with van der Waals surface area (Å²) in [7, 11) is -2.63. The summed E-state index contributed by atoms with van der Waals surface area (Å²) < 4.78 is 166. The number of nitrogens with zero attached hydrogens (tertiary/aromatic N) is 12. The van der Waals surface area contributed by atoms with E-state index in [2.05, 4.69) is 60.1 Å². The van der Waals surface area contributed by atoms with E-state index in [0.29, 0.717) is 55.5 Å². The molecule has 13 rings (SSSR count). The summed E-state index contributed by atoms with van der Waals surface area (Å²) in [6.07, 6.45) is 9.89. The maximum absolute atomic E-state index is 15.0. The number of benzene rings is 1. The predicted octanol–water partition coefficient (Wildman–Crippen LogP) is 16.0. The van der Waals surface area contributed by atoms with Crippen molar-refractivity contribution >= 4 is 89.9 Å². The zero-order chi connectivity index (χ0) is 74.6. The van der Waals surface area contributed by atoms with Gasteiger partial charge in [0.05, 0.1) is 68.7 Å². The minimum Gasteiger partial charge on any atom is -0.444 e. The Kier molecular flexibility index (Phi) is 24.5. The lowest BCUT2D eigenvalue weighted by Crippen LogP contribution is -2.51. The average molecular weight is 1540 g/mol. The standard InChI is InChI=1S/C30H31ClF3N5O4S.C22H23ClF3N5O2.C18H17ClF3N5.CH4/c1-18-5-8-21(9-6-18)44(41,42)39-17-23(22-13-19(31)15-36-27(22)39)26-35-16-24(32)25(37-26)10-7-20-14-30(33,34)11-12-38(20)28(40)43-29(2,3)4;1-33-7-4-19(32)31-6-5-22(25,26)9-14(31)2-3-18-17(24)12-29-21(30-18)16-11-28-20-15(16)8-13(23)10-27-20;19-10-5-12-13(8-25-16(12)24-7-10)17-26-9-14(20)15(27-17)2-1-11-6-18(21,22)3-4-23-11;/h5-6,8-9,13,15-17,20H,7,10-12,14H2,1-4H3;8,10-12,14H,2-7,9H2,1H3,(H,27,28);5,7-9,11,23H,1-4,6H2,(H,24,25);1H4. The fourth-order valence-electron chi connectivity index (χ4n) is 12.6. The Morgan fingerprint density at radius 3 is 1.56 bits per heavy atom. The van der Waals surface area contributed by atoms with Crippen LogP contribution in [0.5, 0.6) is 0 Å². The van der Waals surface area contributed by atoms with E-state index >= 15 is 0 Å². The number of rotatable bonds is 17. The molecular formula is C71H75Cl3F9N15O6S. The number of fused-ring (bicyclic) bond motifs is 3. The van der Waals surface area contributed by atoms with Crippen molar-refractivity contribution in [3.63, 3.8) is 0 Å². The van der Waals surface area contributed by atoms with Crippen LogP contribution in [0.25, 0.3) is 67.3 Å². The number of ether oxygens (including phenoxy) is 2. The first kappa shape index (κ1) is 79.0. The minimum absolute atomic E-state index is 0. The number of carbonyl (C=O) groups excluding carboxylic acids is 2. The van der Waals surface area contributed by atoms with Crippen LogP contribution in [0, 0.1) is 24.4 Å². The number of alkyl halides is 6. The number of hydrogen-bond donors (Lipinski definition) is 3. The van der Waals surface area contributed by atoms with E-state index in [4.69, 9.17) is 44.3 Å². The Bertz CT molecular complexity index is 4900. The number of aryl methyl sites for hydroxylation is 4. The molecule has 0 radical (unpaired) electrons. The molecule has 0 aliphatic carbocycles. The molecule has 9 aromatic heterocycles. The molecular weight excluding hydrogens is 1470 g/mol.